The lowest BCUT2D eigenvalue weighted by Gasteiger charge is -2.20. The molecule has 9 heteroatoms. The number of nitro groups is 1. The van der Waals surface area contributed by atoms with Crippen LogP contribution >= 0.6 is 0 Å². The van der Waals surface area contributed by atoms with E-state index in [1.54, 1.807) is 12.1 Å². The third-order valence-corrected chi connectivity index (χ3v) is 16.0. The molecule has 2 N–H and O–H groups in total. The van der Waals surface area contributed by atoms with E-state index in [1.807, 2.05) is 54.6 Å². The summed E-state index contributed by atoms with van der Waals surface area (Å²) in [7, 11) is 0. The average molecular weight is 1020 g/mol. The van der Waals surface area contributed by atoms with Gasteiger partial charge in [-0.3, -0.25) is 10.1 Å². The number of benzene rings is 8. The van der Waals surface area contributed by atoms with E-state index in [2.05, 4.69) is 106 Å². The third-order valence-electron chi connectivity index (χ3n) is 16.0. The van der Waals surface area contributed by atoms with Crippen LogP contribution in [0.2, 0.25) is 0 Å². The molecule has 0 radical (unpaired) electrons. The van der Waals surface area contributed by atoms with Gasteiger partial charge in [0, 0.05) is 94.5 Å². The summed E-state index contributed by atoms with van der Waals surface area (Å²) in [5.74, 6) is 2.27. The zero-order valence-electron chi connectivity index (χ0n) is 44.1. The maximum atomic E-state index is 12.0. The molecule has 9 nitrogen and oxygen atoms in total. The normalized spacial score (nSPS) is 12.5. The zero-order valence-corrected chi connectivity index (χ0v) is 44.1. The molecule has 0 saturated heterocycles. The first-order chi connectivity index (χ1) is 37.9. The number of aromatic nitrogens is 2. The molecule has 0 saturated carbocycles. The van der Waals surface area contributed by atoms with Crippen LogP contribution in [0.4, 0.5) is 5.69 Å². The van der Waals surface area contributed by atoms with Gasteiger partial charge in [0.1, 0.15) is 23.0 Å². The van der Waals surface area contributed by atoms with Crippen molar-refractivity contribution in [3.05, 3.63) is 218 Å². The fraction of sp³-hybridized carbons (Fsp3) is 0.294. The van der Waals surface area contributed by atoms with Gasteiger partial charge in [0.15, 0.2) is 0 Å². The maximum Gasteiger partial charge on any atom is 0.270 e. The zero-order chi connectivity index (χ0) is 52.5. The SMILES string of the molecule is O=[N+]([O-])c1ccc2c(c1)c1ccccc1n2CCCCCCCCOc1c2cccc1Cc1cccc(c1O)Cc1cccc(c1OCCCCCCCCn1c3ccccc3c3ccccc31)Cc1cccc(c1O)C2. The van der Waals surface area contributed by atoms with E-state index in [0.717, 1.165) is 155 Å². The van der Waals surface area contributed by atoms with Crippen LogP contribution in [0.1, 0.15) is 122 Å². The second-order valence-corrected chi connectivity index (χ2v) is 21.1. The summed E-state index contributed by atoms with van der Waals surface area (Å²) in [5, 5.41) is 40.2. The Hall–Kier alpha value is -8.04. The Balaban J connectivity index is 0.712. The second kappa shape index (κ2) is 23.9. The van der Waals surface area contributed by atoms with Crippen molar-refractivity contribution in [1.29, 1.82) is 0 Å². The van der Waals surface area contributed by atoms with Gasteiger partial charge in [-0.05, 0) is 94.5 Å². The topological polar surface area (TPSA) is 112 Å². The molecule has 11 rings (SSSR count). The molecule has 8 aromatic carbocycles. The van der Waals surface area contributed by atoms with Crippen molar-refractivity contribution in [2.45, 2.75) is 116 Å². The minimum atomic E-state index is -0.323. The predicted octanol–water partition coefficient (Wildman–Crippen LogP) is 16.7. The molecule has 8 bridgehead atoms. The Labute approximate surface area is 451 Å². The molecule has 1 aliphatic rings. The molecule has 0 amide bonds. The summed E-state index contributed by atoms with van der Waals surface area (Å²) >= 11 is 0. The highest BCUT2D eigenvalue weighted by Gasteiger charge is 2.21. The van der Waals surface area contributed by atoms with Crippen LogP contribution in [-0.2, 0) is 38.8 Å². The fourth-order valence-corrected chi connectivity index (χ4v) is 12.0. The van der Waals surface area contributed by atoms with Crippen molar-refractivity contribution in [2.75, 3.05) is 13.2 Å². The molecule has 2 aromatic heterocycles. The predicted molar refractivity (Wildman–Crippen MR) is 312 cm³/mol. The number of ether oxygens (including phenoxy) is 2. The van der Waals surface area contributed by atoms with Crippen molar-refractivity contribution in [3.63, 3.8) is 0 Å². The Bertz CT molecular complexity index is 3550. The van der Waals surface area contributed by atoms with Gasteiger partial charge in [0.2, 0.25) is 0 Å². The quantitative estimate of drug-likeness (QED) is 0.0421. The van der Waals surface area contributed by atoms with Crippen LogP contribution in [0.15, 0.2) is 164 Å². The number of aromatic hydroxyl groups is 2. The molecule has 0 atom stereocenters. The molecular formula is C68H69N3O6. The monoisotopic (exact) mass is 1020 g/mol. The summed E-state index contributed by atoms with van der Waals surface area (Å²) in [6.07, 6.45) is 15.0. The maximum absolute atomic E-state index is 12.0. The van der Waals surface area contributed by atoms with Crippen LogP contribution in [0.25, 0.3) is 43.6 Å². The van der Waals surface area contributed by atoms with Gasteiger partial charge in [0.25, 0.3) is 5.69 Å². The van der Waals surface area contributed by atoms with Gasteiger partial charge in [-0.1, -0.05) is 179 Å². The van der Waals surface area contributed by atoms with E-state index in [0.29, 0.717) is 50.4 Å². The summed E-state index contributed by atoms with van der Waals surface area (Å²) in [5.41, 5.74) is 12.3. The number of phenolic OH excluding ortho intramolecular Hbond substituents is 2. The minimum absolute atomic E-state index is 0.117. The molecular weight excluding hydrogens is 955 g/mol. The number of non-ortho nitro benzene ring substituents is 1. The molecule has 2 heterocycles. The Kier molecular flexibility index (Phi) is 15.8. The van der Waals surface area contributed by atoms with E-state index >= 15 is 0 Å². The van der Waals surface area contributed by atoms with Gasteiger partial charge >= 0.3 is 0 Å². The van der Waals surface area contributed by atoms with E-state index < -0.39 is 0 Å². The van der Waals surface area contributed by atoms with Crippen LogP contribution < -0.4 is 9.47 Å². The highest BCUT2D eigenvalue weighted by Crippen LogP contribution is 2.39. The number of rotatable bonds is 21. The Morgan fingerprint density at radius 2 is 0.701 bits per heavy atom. The molecule has 10 aromatic rings. The molecule has 392 valence electrons. The minimum Gasteiger partial charge on any atom is -0.507 e. The van der Waals surface area contributed by atoms with Gasteiger partial charge in [0.05, 0.1) is 18.1 Å². The van der Waals surface area contributed by atoms with Crippen LogP contribution in [0.3, 0.4) is 0 Å². The first-order valence-corrected chi connectivity index (χ1v) is 28.1. The number of nitrogens with zero attached hydrogens (tertiary/aromatic N) is 3. The number of hydrogen-bond donors (Lipinski definition) is 2. The first kappa shape index (κ1) is 51.1. The van der Waals surface area contributed by atoms with Gasteiger partial charge < -0.3 is 28.8 Å². The number of fused-ring (bicyclic) bond motifs is 14. The first-order valence-electron chi connectivity index (χ1n) is 28.1. The number of aryl methyl sites for hydroxylation is 2. The number of nitro benzene ring substituents is 1. The van der Waals surface area contributed by atoms with Gasteiger partial charge in [-0.2, -0.15) is 0 Å². The molecule has 0 spiro atoms. The van der Waals surface area contributed by atoms with Crippen LogP contribution in [0.5, 0.6) is 23.0 Å². The van der Waals surface area contributed by atoms with Gasteiger partial charge in [-0.15, -0.1) is 0 Å². The van der Waals surface area contributed by atoms with Crippen molar-refractivity contribution in [3.8, 4) is 23.0 Å². The molecule has 0 fully saturated rings. The Morgan fingerprint density at radius 3 is 1.09 bits per heavy atom. The van der Waals surface area contributed by atoms with Gasteiger partial charge in [-0.25, -0.2) is 0 Å². The smallest absolute Gasteiger partial charge is 0.270 e. The largest absolute Gasteiger partial charge is 0.507 e. The fourth-order valence-electron chi connectivity index (χ4n) is 12.0. The number of unbranched alkanes of at least 4 members (excludes halogenated alkanes) is 10. The van der Waals surface area contributed by atoms with Crippen LogP contribution in [-0.4, -0.2) is 37.5 Å². The van der Waals surface area contributed by atoms with E-state index in [4.69, 9.17) is 9.47 Å². The lowest BCUT2D eigenvalue weighted by Crippen LogP contribution is -2.07. The van der Waals surface area contributed by atoms with Crippen molar-refractivity contribution < 1.29 is 24.6 Å². The van der Waals surface area contributed by atoms with E-state index in [-0.39, 0.29) is 10.6 Å². The Morgan fingerprint density at radius 1 is 0.377 bits per heavy atom. The lowest BCUT2D eigenvalue weighted by atomic mass is 9.91. The van der Waals surface area contributed by atoms with Crippen molar-refractivity contribution in [2.24, 2.45) is 0 Å². The molecule has 77 heavy (non-hydrogen) atoms. The summed E-state index contributed by atoms with van der Waals surface area (Å²) in [6.45, 7) is 3.05. The average Bonchev–Trinajstić information content (AvgIpc) is 4.02. The summed E-state index contributed by atoms with van der Waals surface area (Å²) in [4.78, 5) is 11.2. The number of phenols is 2. The summed E-state index contributed by atoms with van der Waals surface area (Å²) < 4.78 is 18.3. The van der Waals surface area contributed by atoms with E-state index in [1.165, 1.54) is 34.6 Å². The number of para-hydroxylation sites is 7. The van der Waals surface area contributed by atoms with Crippen LogP contribution in [0, 0.1) is 10.1 Å². The van der Waals surface area contributed by atoms with E-state index in [9.17, 15) is 20.3 Å². The third kappa shape index (κ3) is 11.3. The summed E-state index contributed by atoms with van der Waals surface area (Å²) in [6, 6.07) is 55.6. The second-order valence-electron chi connectivity index (χ2n) is 21.1. The number of hydrogen-bond acceptors (Lipinski definition) is 6. The highest BCUT2D eigenvalue weighted by molar-refractivity contribution is 6.09. The molecule has 0 aliphatic heterocycles. The lowest BCUT2D eigenvalue weighted by molar-refractivity contribution is -0.384. The van der Waals surface area contributed by atoms with Crippen molar-refractivity contribution in [1.82, 2.24) is 9.13 Å². The van der Waals surface area contributed by atoms with Crippen molar-refractivity contribution >= 4 is 49.3 Å². The highest BCUT2D eigenvalue weighted by atomic mass is 16.6. The molecule has 1 aliphatic carbocycles. The molecule has 0 unspecified atom stereocenters. The standard InChI is InChI=1S/C68H69N3O6/c72-65-48-23-19-25-50(65)45-54-29-22-30-55(68(54)77-42-18-8-4-2-6-16-40-70-63-36-14-11-33-59(63)60-47-56(71(74)75)37-38-64(60)70)46-51-26-20-24-49(66(51)73)44-53-28-21-27-52(43-48)67(53)76-41-17-7-3-1-5-15-39-69-61-34-12-9-31-57(61)58-32-10-13-35-62(58)69/h9-14,19-38,47,72-73H,1-8,15-18,39-46H2.